The Morgan fingerprint density at radius 3 is 2.42 bits per heavy atom. The zero-order valence-corrected chi connectivity index (χ0v) is 22.9. The molecule has 0 unspecified atom stereocenters. The van der Waals surface area contributed by atoms with Crippen molar-refractivity contribution in [1.29, 1.82) is 0 Å². The highest BCUT2D eigenvalue weighted by Gasteiger charge is 2.44. The maximum Gasteiger partial charge on any atom is 0.335 e. The molecular formula is C25H39N8O7-. The van der Waals surface area contributed by atoms with Gasteiger partial charge in [-0.25, -0.2) is 15.2 Å². The third-order valence-corrected chi connectivity index (χ3v) is 7.66. The van der Waals surface area contributed by atoms with Crippen LogP contribution in [0.15, 0.2) is 5.10 Å². The third kappa shape index (κ3) is 8.13. The number of nitrogens with one attached hydrogen (secondary N) is 5. The number of carboxylic acid groups (broad SMARTS) is 1. The molecule has 0 aromatic heterocycles. The summed E-state index contributed by atoms with van der Waals surface area (Å²) in [6.07, 6.45) is 4.83. The molecule has 6 amide bonds. The number of carbonyl (C=O) groups is 6. The van der Waals surface area contributed by atoms with Crippen molar-refractivity contribution >= 4 is 41.8 Å². The normalized spacial score (nSPS) is 25.9. The van der Waals surface area contributed by atoms with Crippen LogP contribution < -0.4 is 31.8 Å². The standard InChI is InChI=1S/C25H40N8O7/c1-26-18-9-10-20(34)32-11-3-4-19(33(32)24(18)39)23(38)30-17(12-21(35)36)14-29-31-25(40)28-13-15-5-7-16(8-6-15)22(37)27-2/h14-19,26H,3-13H2,1-2H3,(H,27,37)(H,30,38)(H,35,36)(H2,28,31,40)/p-1/b29-14+/t15?,16?,17-,18-,19-/m0/s1. The van der Waals surface area contributed by atoms with Gasteiger partial charge in [-0.3, -0.25) is 24.2 Å². The van der Waals surface area contributed by atoms with E-state index < -0.39 is 48.4 Å². The molecule has 3 aliphatic rings. The molecule has 0 aromatic carbocycles. The van der Waals surface area contributed by atoms with E-state index in [-0.39, 0.29) is 30.1 Å². The number of rotatable bonds is 10. The zero-order chi connectivity index (χ0) is 29.2. The molecule has 222 valence electrons. The zero-order valence-electron chi connectivity index (χ0n) is 22.9. The molecule has 0 aromatic rings. The number of fused-ring (bicyclic) bond motifs is 1. The van der Waals surface area contributed by atoms with Crippen LogP contribution in [0.25, 0.3) is 0 Å². The van der Waals surface area contributed by atoms with Gasteiger partial charge in [0, 0.05) is 51.1 Å². The number of urea groups is 1. The number of hydrazine groups is 1. The Morgan fingerprint density at radius 2 is 1.77 bits per heavy atom. The van der Waals surface area contributed by atoms with Gasteiger partial charge in [0.1, 0.15) is 6.04 Å². The summed E-state index contributed by atoms with van der Waals surface area (Å²) < 4.78 is 0. The van der Waals surface area contributed by atoms with Crippen molar-refractivity contribution in [2.75, 3.05) is 27.2 Å². The fraction of sp³-hybridized carbons (Fsp3) is 0.720. The first-order valence-corrected chi connectivity index (χ1v) is 13.7. The topological polar surface area (TPSA) is 204 Å². The third-order valence-electron chi connectivity index (χ3n) is 7.66. The van der Waals surface area contributed by atoms with Crippen molar-refractivity contribution in [1.82, 2.24) is 36.7 Å². The highest BCUT2D eigenvalue weighted by atomic mass is 16.4. The fourth-order valence-electron chi connectivity index (χ4n) is 5.43. The van der Waals surface area contributed by atoms with Crippen molar-refractivity contribution in [3.05, 3.63) is 0 Å². The van der Waals surface area contributed by atoms with Gasteiger partial charge >= 0.3 is 6.03 Å². The van der Waals surface area contributed by atoms with E-state index >= 15 is 0 Å². The molecule has 2 heterocycles. The molecular weight excluding hydrogens is 524 g/mol. The van der Waals surface area contributed by atoms with Gasteiger partial charge in [-0.15, -0.1) is 0 Å². The molecule has 40 heavy (non-hydrogen) atoms. The van der Waals surface area contributed by atoms with Gasteiger partial charge in [0.2, 0.25) is 17.7 Å². The summed E-state index contributed by atoms with van der Waals surface area (Å²) in [5, 5.41) is 28.4. The number of nitrogens with zero attached hydrogens (tertiary/aromatic N) is 3. The van der Waals surface area contributed by atoms with Gasteiger partial charge in [-0.2, -0.15) is 5.10 Å². The van der Waals surface area contributed by atoms with Crippen LogP contribution in [0.1, 0.15) is 57.8 Å². The maximum atomic E-state index is 13.2. The Kier molecular flexibility index (Phi) is 11.2. The fourth-order valence-corrected chi connectivity index (χ4v) is 5.43. The Bertz CT molecular complexity index is 998. The predicted octanol–water partition coefficient (Wildman–Crippen LogP) is -2.43. The van der Waals surface area contributed by atoms with E-state index in [4.69, 9.17) is 0 Å². The predicted molar refractivity (Wildman–Crippen MR) is 140 cm³/mol. The van der Waals surface area contributed by atoms with Crippen molar-refractivity contribution in [2.24, 2.45) is 16.9 Å². The summed E-state index contributed by atoms with van der Waals surface area (Å²) in [6.45, 7) is 0.707. The van der Waals surface area contributed by atoms with Crippen LogP contribution in [-0.2, 0) is 24.0 Å². The van der Waals surface area contributed by atoms with E-state index in [1.807, 2.05) is 0 Å². The van der Waals surface area contributed by atoms with Gasteiger partial charge < -0.3 is 31.2 Å². The van der Waals surface area contributed by atoms with Gasteiger partial charge in [-0.1, -0.05) is 0 Å². The SMILES string of the molecule is CNC(=O)C1CCC(CNC(=O)N/N=C/[C@H](CC(=O)[O-])NC(=O)[C@@H]2CCCN3C(=O)CC[C@H](NC)C(=O)N23)CC1. The first-order valence-electron chi connectivity index (χ1n) is 13.7. The molecule has 0 radical (unpaired) electrons. The van der Waals surface area contributed by atoms with Gasteiger partial charge in [0.25, 0.3) is 5.91 Å². The van der Waals surface area contributed by atoms with Crippen LogP contribution in [-0.4, -0.2) is 97.2 Å². The number of hydrogen-bond donors (Lipinski definition) is 5. The van der Waals surface area contributed by atoms with Gasteiger partial charge in [0.05, 0.1) is 12.1 Å². The lowest BCUT2D eigenvalue weighted by molar-refractivity contribution is -0.305. The van der Waals surface area contributed by atoms with Crippen molar-refractivity contribution in [2.45, 2.75) is 75.9 Å². The second kappa shape index (κ2) is 14.6. The van der Waals surface area contributed by atoms with Crippen molar-refractivity contribution in [3.8, 4) is 0 Å². The molecule has 2 aliphatic heterocycles. The minimum atomic E-state index is -1.45. The van der Waals surface area contributed by atoms with Crippen LogP contribution in [0.4, 0.5) is 4.79 Å². The number of aliphatic carboxylic acids is 1. The lowest BCUT2D eigenvalue weighted by Crippen LogP contribution is -2.64. The molecule has 5 N–H and O–H groups in total. The van der Waals surface area contributed by atoms with Gasteiger partial charge in [0.15, 0.2) is 0 Å². The van der Waals surface area contributed by atoms with Crippen LogP contribution in [0.3, 0.4) is 0 Å². The molecule has 3 atom stereocenters. The monoisotopic (exact) mass is 563 g/mol. The van der Waals surface area contributed by atoms with E-state index in [0.717, 1.165) is 31.9 Å². The quantitative estimate of drug-likeness (QED) is 0.142. The Balaban J connectivity index is 1.54. The summed E-state index contributed by atoms with van der Waals surface area (Å²) in [4.78, 5) is 74.2. The van der Waals surface area contributed by atoms with Crippen molar-refractivity contribution in [3.63, 3.8) is 0 Å². The molecule has 3 rings (SSSR count). The largest absolute Gasteiger partial charge is 0.550 e. The number of likely N-dealkylation sites (N-methyl/N-ethyl adjacent to an activating group) is 1. The first-order chi connectivity index (χ1) is 19.1. The van der Waals surface area contributed by atoms with Crippen LogP contribution >= 0.6 is 0 Å². The summed E-state index contributed by atoms with van der Waals surface area (Å²) >= 11 is 0. The average molecular weight is 564 g/mol. The molecule has 3 fully saturated rings. The van der Waals surface area contributed by atoms with Crippen LogP contribution in [0.5, 0.6) is 0 Å². The second-order valence-electron chi connectivity index (χ2n) is 10.4. The van der Waals surface area contributed by atoms with E-state index in [1.54, 1.807) is 14.1 Å². The van der Waals surface area contributed by atoms with Crippen molar-refractivity contribution < 1.29 is 33.9 Å². The molecule has 0 spiro atoms. The summed E-state index contributed by atoms with van der Waals surface area (Å²) in [5.41, 5.74) is 2.26. The highest BCUT2D eigenvalue weighted by Crippen LogP contribution is 2.28. The Morgan fingerprint density at radius 1 is 1.05 bits per heavy atom. The Hall–Kier alpha value is -3.75. The van der Waals surface area contributed by atoms with E-state index in [2.05, 4.69) is 31.8 Å². The average Bonchev–Trinajstić information content (AvgIpc) is 3.06. The summed E-state index contributed by atoms with van der Waals surface area (Å²) in [6, 6.07) is -3.37. The number of carbonyl (C=O) groups excluding carboxylic acids is 6. The van der Waals surface area contributed by atoms with Crippen LogP contribution in [0, 0.1) is 11.8 Å². The highest BCUT2D eigenvalue weighted by molar-refractivity contribution is 5.94. The molecule has 0 bridgehead atoms. The minimum Gasteiger partial charge on any atom is -0.550 e. The Labute approximate surface area is 232 Å². The molecule has 15 heteroatoms. The minimum absolute atomic E-state index is 0.00469. The first kappa shape index (κ1) is 30.8. The second-order valence-corrected chi connectivity index (χ2v) is 10.4. The number of hydrazone groups is 1. The summed E-state index contributed by atoms with van der Waals surface area (Å²) in [7, 11) is 3.22. The number of carboxylic acids is 1. The summed E-state index contributed by atoms with van der Waals surface area (Å²) in [5.74, 6) is -2.50. The number of amides is 6. The lowest BCUT2D eigenvalue weighted by Gasteiger charge is -2.43. The molecule has 1 saturated carbocycles. The smallest absolute Gasteiger partial charge is 0.335 e. The molecule has 1 aliphatic carbocycles. The molecule has 2 saturated heterocycles. The van der Waals surface area contributed by atoms with E-state index in [1.165, 1.54) is 10.0 Å². The van der Waals surface area contributed by atoms with Gasteiger partial charge in [-0.05, 0) is 57.9 Å². The lowest BCUT2D eigenvalue weighted by atomic mass is 9.81. The van der Waals surface area contributed by atoms with E-state index in [0.29, 0.717) is 32.4 Å². The van der Waals surface area contributed by atoms with E-state index in [9.17, 15) is 33.9 Å². The maximum absolute atomic E-state index is 13.2. The number of hydrogen-bond acceptors (Lipinski definition) is 9. The molecule has 15 nitrogen and oxygen atoms in total. The van der Waals surface area contributed by atoms with Crippen LogP contribution in [0.2, 0.25) is 0 Å².